The molecule has 0 heterocycles. The lowest BCUT2D eigenvalue weighted by Crippen LogP contribution is -2.45. The Morgan fingerprint density at radius 2 is 1.91 bits per heavy atom. The smallest absolute Gasteiger partial charge is 0.114 e. The van der Waals surface area contributed by atoms with Crippen molar-refractivity contribution in [3.05, 3.63) is 47.3 Å². The predicted octanol–water partition coefficient (Wildman–Crippen LogP) is 3.42. The van der Waals surface area contributed by atoms with E-state index in [1.165, 1.54) is 0 Å². The van der Waals surface area contributed by atoms with Gasteiger partial charge in [0.15, 0.2) is 0 Å². The summed E-state index contributed by atoms with van der Waals surface area (Å²) < 4.78 is 0. The van der Waals surface area contributed by atoms with E-state index in [0.29, 0.717) is 23.7 Å². The monoisotopic (exact) mass is 302 g/mol. The minimum atomic E-state index is -1.21. The largest absolute Gasteiger partial charge is 0.512 e. The average molecular weight is 302 g/mol. The van der Waals surface area contributed by atoms with Crippen LogP contribution in [-0.2, 0) is 0 Å². The maximum absolute atomic E-state index is 11.3. The van der Waals surface area contributed by atoms with E-state index in [-0.39, 0.29) is 5.92 Å². The number of rotatable bonds is 3. The van der Waals surface area contributed by atoms with E-state index >= 15 is 0 Å². The summed E-state index contributed by atoms with van der Waals surface area (Å²) in [7, 11) is 0. The Balaban J connectivity index is 2.03. The van der Waals surface area contributed by atoms with Gasteiger partial charge in [0.1, 0.15) is 11.4 Å². The maximum Gasteiger partial charge on any atom is 0.114 e. The van der Waals surface area contributed by atoms with Crippen LogP contribution in [0.25, 0.3) is 0 Å². The summed E-state index contributed by atoms with van der Waals surface area (Å²) in [6.45, 7) is 7.76. The molecule has 0 aromatic rings. The van der Waals surface area contributed by atoms with Crippen molar-refractivity contribution in [2.75, 3.05) is 0 Å². The van der Waals surface area contributed by atoms with Gasteiger partial charge in [0.25, 0.3) is 0 Å². The number of hydrogen-bond donors (Lipinski definition) is 3. The fourth-order valence-electron chi connectivity index (χ4n) is 3.87. The van der Waals surface area contributed by atoms with Crippen molar-refractivity contribution in [1.29, 1.82) is 0 Å². The van der Waals surface area contributed by atoms with Crippen LogP contribution in [0.4, 0.5) is 0 Å². The molecule has 1 fully saturated rings. The molecule has 120 valence electrons. The van der Waals surface area contributed by atoms with Crippen molar-refractivity contribution in [1.82, 2.24) is 0 Å². The van der Waals surface area contributed by atoms with E-state index < -0.39 is 17.6 Å². The molecule has 3 rings (SSSR count). The summed E-state index contributed by atoms with van der Waals surface area (Å²) in [5, 5.41) is 31.8. The SMILES string of the molecule is C=C(C)C1(O)C=C(C2CC2)C(C)=C(O)[C@@H]1C1C=CC(O)CC1. The summed E-state index contributed by atoms with van der Waals surface area (Å²) in [6, 6.07) is 0. The number of hydrogen-bond acceptors (Lipinski definition) is 3. The quantitative estimate of drug-likeness (QED) is 0.700. The summed E-state index contributed by atoms with van der Waals surface area (Å²) in [5.74, 6) is 0.368. The molecule has 1 saturated carbocycles. The second kappa shape index (κ2) is 5.39. The molecule has 0 aromatic heterocycles. The van der Waals surface area contributed by atoms with Gasteiger partial charge in [-0.3, -0.25) is 0 Å². The fourth-order valence-corrected chi connectivity index (χ4v) is 3.87. The van der Waals surface area contributed by atoms with Crippen LogP contribution in [0.5, 0.6) is 0 Å². The zero-order valence-electron chi connectivity index (χ0n) is 13.4. The van der Waals surface area contributed by atoms with E-state index in [9.17, 15) is 15.3 Å². The van der Waals surface area contributed by atoms with Crippen molar-refractivity contribution in [3.8, 4) is 0 Å². The minimum Gasteiger partial charge on any atom is -0.512 e. The van der Waals surface area contributed by atoms with E-state index in [1.807, 2.05) is 26.0 Å². The van der Waals surface area contributed by atoms with E-state index in [2.05, 4.69) is 6.58 Å². The first-order valence-electron chi connectivity index (χ1n) is 8.22. The minimum absolute atomic E-state index is 0.0112. The first-order chi connectivity index (χ1) is 10.3. The third kappa shape index (κ3) is 2.46. The van der Waals surface area contributed by atoms with Crippen molar-refractivity contribution in [2.24, 2.45) is 17.8 Å². The van der Waals surface area contributed by atoms with Gasteiger partial charge >= 0.3 is 0 Å². The second-order valence-corrected chi connectivity index (χ2v) is 7.16. The lowest BCUT2D eigenvalue weighted by Gasteiger charge is -2.43. The molecule has 3 N–H and O–H groups in total. The molecule has 0 bridgehead atoms. The molecule has 0 radical (unpaired) electrons. The van der Waals surface area contributed by atoms with E-state index in [1.54, 1.807) is 6.08 Å². The van der Waals surface area contributed by atoms with Crippen LogP contribution >= 0.6 is 0 Å². The van der Waals surface area contributed by atoms with Crippen molar-refractivity contribution >= 4 is 0 Å². The number of aliphatic hydroxyl groups is 3. The molecule has 0 aliphatic heterocycles. The topological polar surface area (TPSA) is 60.7 Å². The first-order valence-corrected chi connectivity index (χ1v) is 8.22. The molecular formula is C19H26O3. The van der Waals surface area contributed by atoms with Gasteiger partial charge in [-0.05, 0) is 74.2 Å². The third-order valence-electron chi connectivity index (χ3n) is 5.47. The highest BCUT2D eigenvalue weighted by Crippen LogP contribution is 2.50. The van der Waals surface area contributed by atoms with Crippen LogP contribution in [0.2, 0.25) is 0 Å². The van der Waals surface area contributed by atoms with Crippen molar-refractivity contribution in [2.45, 2.75) is 51.2 Å². The highest BCUT2D eigenvalue weighted by molar-refractivity contribution is 5.47. The molecule has 3 aliphatic carbocycles. The highest BCUT2D eigenvalue weighted by Gasteiger charge is 2.48. The first kappa shape index (κ1) is 15.6. The molecule has 3 heteroatoms. The Kier molecular flexibility index (Phi) is 3.82. The van der Waals surface area contributed by atoms with Crippen LogP contribution in [0.1, 0.15) is 39.5 Å². The summed E-state index contributed by atoms with van der Waals surface area (Å²) in [5.41, 5.74) is 1.45. The standard InChI is InChI=1S/C19H26O3/c1-11(2)19(22)10-16(13-4-5-13)12(3)18(21)17(19)14-6-8-15(20)9-7-14/h6,8,10,13-15,17,20-22H,1,4-5,7,9H2,2-3H3/t14?,15?,17-,19?/m0/s1. The van der Waals surface area contributed by atoms with Gasteiger partial charge < -0.3 is 15.3 Å². The summed E-state index contributed by atoms with van der Waals surface area (Å²) in [6.07, 6.45) is 8.90. The Hall–Kier alpha value is -1.32. The fraction of sp³-hybridized carbons (Fsp3) is 0.579. The molecule has 3 nitrogen and oxygen atoms in total. The van der Waals surface area contributed by atoms with Crippen LogP contribution in [0.15, 0.2) is 47.3 Å². The molecule has 3 aliphatic rings. The summed E-state index contributed by atoms with van der Waals surface area (Å²) in [4.78, 5) is 0. The average Bonchev–Trinajstić information content (AvgIpc) is 3.29. The van der Waals surface area contributed by atoms with Crippen LogP contribution < -0.4 is 0 Å². The van der Waals surface area contributed by atoms with Gasteiger partial charge in [-0.25, -0.2) is 0 Å². The number of allylic oxidation sites excluding steroid dienone is 3. The molecule has 0 amide bonds. The van der Waals surface area contributed by atoms with Gasteiger partial charge in [0.2, 0.25) is 0 Å². The Labute approximate surface area is 132 Å². The third-order valence-corrected chi connectivity index (χ3v) is 5.47. The Morgan fingerprint density at radius 3 is 2.41 bits per heavy atom. The summed E-state index contributed by atoms with van der Waals surface area (Å²) >= 11 is 0. The molecule has 3 unspecified atom stereocenters. The highest BCUT2D eigenvalue weighted by atomic mass is 16.3. The second-order valence-electron chi connectivity index (χ2n) is 7.16. The molecule has 0 aromatic carbocycles. The Bertz CT molecular complexity index is 579. The molecule has 4 atom stereocenters. The zero-order valence-corrected chi connectivity index (χ0v) is 13.4. The van der Waals surface area contributed by atoms with Gasteiger partial charge in [-0.15, -0.1) is 0 Å². The van der Waals surface area contributed by atoms with Gasteiger partial charge in [-0.1, -0.05) is 18.7 Å². The van der Waals surface area contributed by atoms with Gasteiger partial charge in [0, 0.05) is 0 Å². The van der Waals surface area contributed by atoms with E-state index in [4.69, 9.17) is 0 Å². The maximum atomic E-state index is 11.3. The molecule has 0 spiro atoms. The van der Waals surface area contributed by atoms with Crippen molar-refractivity contribution < 1.29 is 15.3 Å². The molecule has 0 saturated heterocycles. The lowest BCUT2D eigenvalue weighted by atomic mass is 9.66. The van der Waals surface area contributed by atoms with Crippen LogP contribution in [-0.4, -0.2) is 27.0 Å². The van der Waals surface area contributed by atoms with Gasteiger partial charge in [-0.2, -0.15) is 0 Å². The number of aliphatic hydroxyl groups excluding tert-OH is 2. The zero-order chi connectivity index (χ0) is 16.1. The lowest BCUT2D eigenvalue weighted by molar-refractivity contribution is 0.0278. The molecular weight excluding hydrogens is 276 g/mol. The van der Waals surface area contributed by atoms with Crippen molar-refractivity contribution in [3.63, 3.8) is 0 Å². The molecule has 22 heavy (non-hydrogen) atoms. The van der Waals surface area contributed by atoms with Gasteiger partial charge in [0.05, 0.1) is 12.0 Å². The van der Waals surface area contributed by atoms with Crippen LogP contribution in [0, 0.1) is 17.8 Å². The predicted molar refractivity (Wildman–Crippen MR) is 87.3 cm³/mol. The Morgan fingerprint density at radius 1 is 1.23 bits per heavy atom. The van der Waals surface area contributed by atoms with E-state index in [0.717, 1.165) is 30.4 Å². The normalized spacial score (nSPS) is 38.9. The van der Waals surface area contributed by atoms with Crippen LogP contribution in [0.3, 0.4) is 0 Å².